The minimum absolute atomic E-state index is 0.483. The molecule has 1 aromatic rings. The number of hydrogen-bond donors (Lipinski definition) is 1. The number of ether oxygens (including phenoxy) is 1. The van der Waals surface area contributed by atoms with Gasteiger partial charge in [0.15, 0.2) is 0 Å². The highest BCUT2D eigenvalue weighted by molar-refractivity contribution is 5.46. The summed E-state index contributed by atoms with van der Waals surface area (Å²) < 4.78 is 5.80. The van der Waals surface area contributed by atoms with Crippen molar-refractivity contribution < 1.29 is 4.74 Å². The number of rotatable bonds is 2. The molecule has 1 fully saturated rings. The SMILES string of the molecule is CN1CC(CN)CC1c1cccc2c1OCC2. The zero-order chi connectivity index (χ0) is 11.8. The van der Waals surface area contributed by atoms with E-state index in [4.69, 9.17) is 10.5 Å². The molecule has 17 heavy (non-hydrogen) atoms. The Kier molecular flexibility index (Phi) is 2.81. The number of hydrogen-bond acceptors (Lipinski definition) is 3. The molecule has 0 saturated carbocycles. The molecule has 2 aliphatic heterocycles. The highest BCUT2D eigenvalue weighted by Gasteiger charge is 2.32. The molecule has 0 bridgehead atoms. The van der Waals surface area contributed by atoms with Crippen LogP contribution in [-0.2, 0) is 6.42 Å². The van der Waals surface area contributed by atoms with Crippen LogP contribution in [0, 0.1) is 5.92 Å². The minimum atomic E-state index is 0.483. The number of nitrogens with two attached hydrogens (primary N) is 1. The first-order valence-corrected chi connectivity index (χ1v) is 6.44. The molecular weight excluding hydrogens is 212 g/mol. The Balaban J connectivity index is 1.92. The van der Waals surface area contributed by atoms with Gasteiger partial charge in [0.1, 0.15) is 5.75 Å². The van der Waals surface area contributed by atoms with Gasteiger partial charge in [-0.1, -0.05) is 18.2 Å². The van der Waals surface area contributed by atoms with E-state index in [1.54, 1.807) is 0 Å². The topological polar surface area (TPSA) is 38.5 Å². The Bertz CT molecular complexity index is 419. The molecule has 0 radical (unpaired) electrons. The van der Waals surface area contributed by atoms with E-state index in [1.165, 1.54) is 11.1 Å². The third kappa shape index (κ3) is 1.83. The van der Waals surface area contributed by atoms with E-state index < -0.39 is 0 Å². The van der Waals surface area contributed by atoms with Crippen LogP contribution in [0.15, 0.2) is 18.2 Å². The van der Waals surface area contributed by atoms with Gasteiger partial charge in [-0.15, -0.1) is 0 Å². The molecule has 0 aliphatic carbocycles. The molecule has 3 heteroatoms. The maximum Gasteiger partial charge on any atom is 0.127 e. The quantitative estimate of drug-likeness (QED) is 0.841. The normalized spacial score (nSPS) is 28.1. The lowest BCUT2D eigenvalue weighted by Crippen LogP contribution is -2.20. The van der Waals surface area contributed by atoms with E-state index in [0.29, 0.717) is 12.0 Å². The van der Waals surface area contributed by atoms with Crippen LogP contribution in [-0.4, -0.2) is 31.6 Å². The Morgan fingerprint density at radius 3 is 3.12 bits per heavy atom. The van der Waals surface area contributed by atoms with Gasteiger partial charge in [-0.2, -0.15) is 0 Å². The summed E-state index contributed by atoms with van der Waals surface area (Å²) in [5.41, 5.74) is 8.52. The maximum absolute atomic E-state index is 5.80. The smallest absolute Gasteiger partial charge is 0.127 e. The van der Waals surface area contributed by atoms with Crippen LogP contribution in [0.5, 0.6) is 5.75 Å². The van der Waals surface area contributed by atoms with Gasteiger partial charge in [0.2, 0.25) is 0 Å². The molecular formula is C14H20N2O. The third-order valence-electron chi connectivity index (χ3n) is 4.07. The van der Waals surface area contributed by atoms with Crippen LogP contribution in [0.2, 0.25) is 0 Å². The summed E-state index contributed by atoms with van der Waals surface area (Å²) in [5.74, 6) is 1.77. The monoisotopic (exact) mass is 232 g/mol. The zero-order valence-corrected chi connectivity index (χ0v) is 10.4. The Hall–Kier alpha value is -1.06. The van der Waals surface area contributed by atoms with Crippen LogP contribution in [0.4, 0.5) is 0 Å². The average molecular weight is 232 g/mol. The van der Waals surface area contributed by atoms with Crippen molar-refractivity contribution in [1.29, 1.82) is 0 Å². The first-order valence-electron chi connectivity index (χ1n) is 6.44. The van der Waals surface area contributed by atoms with Crippen LogP contribution in [0.25, 0.3) is 0 Å². The van der Waals surface area contributed by atoms with E-state index in [0.717, 1.165) is 38.3 Å². The minimum Gasteiger partial charge on any atom is -0.493 e. The molecule has 0 amide bonds. The Labute approximate surface area is 103 Å². The van der Waals surface area contributed by atoms with Gasteiger partial charge in [-0.25, -0.2) is 0 Å². The summed E-state index contributed by atoms with van der Waals surface area (Å²) in [6, 6.07) is 7.04. The van der Waals surface area contributed by atoms with Gasteiger partial charge < -0.3 is 10.5 Å². The van der Waals surface area contributed by atoms with Crippen molar-refractivity contribution in [2.45, 2.75) is 18.9 Å². The van der Waals surface area contributed by atoms with Gasteiger partial charge in [0.05, 0.1) is 6.61 Å². The lowest BCUT2D eigenvalue weighted by Gasteiger charge is -2.21. The fourth-order valence-corrected chi connectivity index (χ4v) is 3.14. The van der Waals surface area contributed by atoms with E-state index in [9.17, 15) is 0 Å². The lowest BCUT2D eigenvalue weighted by molar-refractivity contribution is 0.297. The first-order chi connectivity index (χ1) is 8.29. The first kappa shape index (κ1) is 11.1. The van der Waals surface area contributed by atoms with Crippen molar-refractivity contribution in [3.8, 4) is 5.75 Å². The standard InChI is InChI=1S/C14H20N2O/c1-16-9-10(8-15)7-13(16)12-4-2-3-11-5-6-17-14(11)12/h2-4,10,13H,5-9,15H2,1H3. The van der Waals surface area contributed by atoms with Crippen molar-refractivity contribution in [3.63, 3.8) is 0 Å². The Morgan fingerprint density at radius 1 is 1.47 bits per heavy atom. The fraction of sp³-hybridized carbons (Fsp3) is 0.571. The van der Waals surface area contributed by atoms with Crippen LogP contribution in [0.3, 0.4) is 0 Å². The molecule has 0 spiro atoms. The molecule has 0 aromatic heterocycles. The van der Waals surface area contributed by atoms with Crippen molar-refractivity contribution in [2.24, 2.45) is 11.7 Å². The van der Waals surface area contributed by atoms with Gasteiger partial charge in [0, 0.05) is 24.6 Å². The van der Waals surface area contributed by atoms with E-state index in [2.05, 4.69) is 30.1 Å². The summed E-state index contributed by atoms with van der Waals surface area (Å²) in [4.78, 5) is 2.41. The summed E-state index contributed by atoms with van der Waals surface area (Å²) in [5, 5.41) is 0. The van der Waals surface area contributed by atoms with Gasteiger partial charge in [-0.05, 0) is 31.5 Å². The second-order valence-corrected chi connectivity index (χ2v) is 5.23. The number of likely N-dealkylation sites (tertiary alicyclic amines) is 1. The number of benzene rings is 1. The second-order valence-electron chi connectivity index (χ2n) is 5.23. The Morgan fingerprint density at radius 2 is 2.35 bits per heavy atom. The van der Waals surface area contributed by atoms with Crippen LogP contribution in [0.1, 0.15) is 23.6 Å². The van der Waals surface area contributed by atoms with Gasteiger partial charge in [0.25, 0.3) is 0 Å². The molecule has 2 N–H and O–H groups in total. The molecule has 1 aromatic carbocycles. The number of nitrogens with zero attached hydrogens (tertiary/aromatic N) is 1. The number of fused-ring (bicyclic) bond motifs is 1. The fourth-order valence-electron chi connectivity index (χ4n) is 3.14. The highest BCUT2D eigenvalue weighted by Crippen LogP contribution is 2.41. The molecule has 3 rings (SSSR count). The lowest BCUT2D eigenvalue weighted by atomic mass is 9.97. The molecule has 2 aliphatic rings. The molecule has 92 valence electrons. The van der Waals surface area contributed by atoms with Gasteiger partial charge in [-0.3, -0.25) is 4.90 Å². The zero-order valence-electron chi connectivity index (χ0n) is 10.4. The summed E-state index contributed by atoms with van der Waals surface area (Å²) in [7, 11) is 2.19. The third-order valence-corrected chi connectivity index (χ3v) is 4.07. The van der Waals surface area contributed by atoms with Crippen molar-refractivity contribution >= 4 is 0 Å². The number of para-hydroxylation sites is 1. The van der Waals surface area contributed by atoms with Crippen LogP contribution < -0.4 is 10.5 Å². The highest BCUT2D eigenvalue weighted by atomic mass is 16.5. The van der Waals surface area contributed by atoms with Crippen molar-refractivity contribution in [1.82, 2.24) is 4.90 Å². The van der Waals surface area contributed by atoms with E-state index >= 15 is 0 Å². The van der Waals surface area contributed by atoms with Crippen molar-refractivity contribution in [2.75, 3.05) is 26.7 Å². The average Bonchev–Trinajstić information content (AvgIpc) is 2.94. The molecule has 2 atom stereocenters. The second kappa shape index (κ2) is 4.31. The van der Waals surface area contributed by atoms with E-state index in [-0.39, 0.29) is 0 Å². The van der Waals surface area contributed by atoms with E-state index in [1.807, 2.05) is 0 Å². The predicted molar refractivity (Wildman–Crippen MR) is 68.2 cm³/mol. The van der Waals surface area contributed by atoms with Crippen LogP contribution >= 0.6 is 0 Å². The summed E-state index contributed by atoms with van der Waals surface area (Å²) in [6.07, 6.45) is 2.22. The summed E-state index contributed by atoms with van der Waals surface area (Å²) in [6.45, 7) is 2.73. The molecule has 2 unspecified atom stereocenters. The summed E-state index contributed by atoms with van der Waals surface area (Å²) >= 11 is 0. The molecule has 1 saturated heterocycles. The molecule has 3 nitrogen and oxygen atoms in total. The molecule has 2 heterocycles. The van der Waals surface area contributed by atoms with Gasteiger partial charge >= 0.3 is 0 Å². The predicted octanol–water partition coefficient (Wildman–Crippen LogP) is 1.57. The maximum atomic E-state index is 5.80. The largest absolute Gasteiger partial charge is 0.493 e. The van der Waals surface area contributed by atoms with Crippen molar-refractivity contribution in [3.05, 3.63) is 29.3 Å².